The largest absolute Gasteiger partial charge is 0.390 e. The highest BCUT2D eigenvalue weighted by Crippen LogP contribution is 2.57. The van der Waals surface area contributed by atoms with Gasteiger partial charge in [-0.3, -0.25) is 10.1 Å². The average molecular weight is 302 g/mol. The summed E-state index contributed by atoms with van der Waals surface area (Å²) in [5.41, 5.74) is 0.642. The van der Waals surface area contributed by atoms with Crippen molar-refractivity contribution in [1.29, 1.82) is 0 Å². The normalized spacial score (nSPS) is 39.1. The van der Waals surface area contributed by atoms with Crippen LogP contribution in [0.15, 0.2) is 24.3 Å². The Hall–Kier alpha value is -1.46. The number of aliphatic hydroxyl groups is 1. The summed E-state index contributed by atoms with van der Waals surface area (Å²) in [5.74, 6) is 1.28. The quantitative estimate of drug-likeness (QED) is 0.662. The molecule has 0 heterocycles. The zero-order valence-electron chi connectivity index (χ0n) is 12.6. The van der Waals surface area contributed by atoms with Crippen LogP contribution in [0.1, 0.15) is 44.1 Å². The summed E-state index contributed by atoms with van der Waals surface area (Å²) in [7, 11) is 0. The number of nitrogens with zero attached hydrogens (tertiary/aromatic N) is 1. The molecule has 0 saturated heterocycles. The molecule has 4 bridgehead atoms. The van der Waals surface area contributed by atoms with E-state index in [1.54, 1.807) is 12.1 Å². The van der Waals surface area contributed by atoms with Gasteiger partial charge in [-0.25, -0.2) is 0 Å². The molecule has 0 amide bonds. The number of rotatable bonds is 4. The topological polar surface area (TPSA) is 75.4 Å². The molecule has 5 nitrogen and oxygen atoms in total. The summed E-state index contributed by atoms with van der Waals surface area (Å²) >= 11 is 0. The Morgan fingerprint density at radius 1 is 1.27 bits per heavy atom. The van der Waals surface area contributed by atoms with E-state index in [0.29, 0.717) is 18.4 Å². The van der Waals surface area contributed by atoms with E-state index in [1.165, 1.54) is 12.5 Å². The van der Waals surface area contributed by atoms with Crippen molar-refractivity contribution >= 4 is 5.69 Å². The summed E-state index contributed by atoms with van der Waals surface area (Å²) in [5, 5.41) is 25.3. The van der Waals surface area contributed by atoms with Crippen molar-refractivity contribution in [2.45, 2.75) is 56.2 Å². The molecular weight excluding hydrogens is 280 g/mol. The molecule has 5 rings (SSSR count). The lowest BCUT2D eigenvalue weighted by molar-refractivity contribution is -0.384. The molecule has 2 N–H and O–H groups in total. The average Bonchev–Trinajstić information content (AvgIpc) is 2.43. The molecule has 0 spiro atoms. The van der Waals surface area contributed by atoms with E-state index in [1.807, 2.05) is 6.07 Å². The number of benzene rings is 1. The van der Waals surface area contributed by atoms with Crippen LogP contribution in [-0.4, -0.2) is 21.2 Å². The lowest BCUT2D eigenvalue weighted by Gasteiger charge is -2.60. The molecule has 0 radical (unpaired) electrons. The first kappa shape index (κ1) is 14.2. The first-order chi connectivity index (χ1) is 10.5. The first-order valence-corrected chi connectivity index (χ1v) is 8.16. The van der Waals surface area contributed by atoms with Crippen molar-refractivity contribution in [3.63, 3.8) is 0 Å². The van der Waals surface area contributed by atoms with Gasteiger partial charge in [0.15, 0.2) is 0 Å². The standard InChI is InChI=1S/C17H22N2O3/c20-17-8-13-4-14(9-17)7-16(6-13,11-17)18-10-12-2-1-3-15(5-12)19(21)22/h1-3,5,13-14,18,20H,4,6-11H2. The Balaban J connectivity index is 1.50. The Morgan fingerprint density at radius 3 is 2.64 bits per heavy atom. The molecule has 1 aromatic carbocycles. The number of nitrogens with one attached hydrogen (secondary N) is 1. The maximum Gasteiger partial charge on any atom is 0.269 e. The second-order valence-corrected chi connectivity index (χ2v) is 7.75. The highest BCUT2D eigenvalue weighted by molar-refractivity contribution is 5.34. The molecular formula is C17H22N2O3. The number of nitro benzene ring substituents is 1. The van der Waals surface area contributed by atoms with Crippen molar-refractivity contribution in [3.05, 3.63) is 39.9 Å². The third-order valence-electron chi connectivity index (χ3n) is 5.82. The zero-order chi connectivity index (χ0) is 15.4. The number of hydrogen-bond donors (Lipinski definition) is 2. The Labute approximate surface area is 129 Å². The molecule has 4 fully saturated rings. The third kappa shape index (κ3) is 2.42. The van der Waals surface area contributed by atoms with Gasteiger partial charge in [0, 0.05) is 24.2 Å². The van der Waals surface area contributed by atoms with Crippen LogP contribution in [0.4, 0.5) is 5.69 Å². The lowest BCUT2D eigenvalue weighted by atomic mass is 9.51. The van der Waals surface area contributed by atoms with E-state index in [4.69, 9.17) is 0 Å². The van der Waals surface area contributed by atoms with Gasteiger partial charge in [-0.15, -0.1) is 0 Å². The van der Waals surface area contributed by atoms with Crippen LogP contribution in [0.5, 0.6) is 0 Å². The van der Waals surface area contributed by atoms with Gasteiger partial charge in [0.25, 0.3) is 5.69 Å². The number of nitro groups is 1. The van der Waals surface area contributed by atoms with E-state index < -0.39 is 5.60 Å². The molecule has 5 heteroatoms. The molecule has 118 valence electrons. The third-order valence-corrected chi connectivity index (χ3v) is 5.82. The predicted octanol–water partition coefficient (Wildman–Crippen LogP) is 2.77. The van der Waals surface area contributed by atoms with Crippen LogP contribution in [0.2, 0.25) is 0 Å². The van der Waals surface area contributed by atoms with Gasteiger partial charge in [0.2, 0.25) is 0 Å². The first-order valence-electron chi connectivity index (χ1n) is 8.16. The van der Waals surface area contributed by atoms with Gasteiger partial charge in [-0.1, -0.05) is 12.1 Å². The summed E-state index contributed by atoms with van der Waals surface area (Å²) in [6.07, 6.45) is 6.30. The molecule has 4 aliphatic carbocycles. The molecule has 4 aliphatic rings. The van der Waals surface area contributed by atoms with E-state index in [9.17, 15) is 15.2 Å². The minimum atomic E-state index is -0.472. The Morgan fingerprint density at radius 2 is 2.00 bits per heavy atom. The SMILES string of the molecule is O=[N+]([O-])c1cccc(CNC23CC4CC(CC(O)(C4)C2)C3)c1. The van der Waals surface area contributed by atoms with Gasteiger partial charge in [-0.05, 0) is 55.9 Å². The van der Waals surface area contributed by atoms with Gasteiger partial charge in [-0.2, -0.15) is 0 Å². The fourth-order valence-electron chi connectivity index (χ4n) is 5.49. The highest BCUT2D eigenvalue weighted by Gasteiger charge is 2.56. The maximum atomic E-state index is 10.9. The molecule has 0 aromatic heterocycles. The summed E-state index contributed by atoms with van der Waals surface area (Å²) in [6.45, 7) is 0.636. The predicted molar refractivity (Wildman–Crippen MR) is 82.3 cm³/mol. The lowest BCUT2D eigenvalue weighted by Crippen LogP contribution is -2.64. The molecule has 0 aliphatic heterocycles. The van der Waals surface area contributed by atoms with Crippen LogP contribution in [0, 0.1) is 22.0 Å². The molecule has 22 heavy (non-hydrogen) atoms. The minimum absolute atomic E-state index is 0.0312. The monoisotopic (exact) mass is 302 g/mol. The van der Waals surface area contributed by atoms with Crippen molar-refractivity contribution in [2.24, 2.45) is 11.8 Å². The van der Waals surface area contributed by atoms with Crippen molar-refractivity contribution in [1.82, 2.24) is 5.32 Å². The molecule has 2 atom stereocenters. The summed E-state index contributed by atoms with van der Waals surface area (Å²) in [4.78, 5) is 10.5. The van der Waals surface area contributed by atoms with Crippen molar-refractivity contribution in [2.75, 3.05) is 0 Å². The van der Waals surface area contributed by atoms with Gasteiger partial charge in [0.1, 0.15) is 0 Å². The van der Waals surface area contributed by atoms with E-state index >= 15 is 0 Å². The molecule has 2 unspecified atom stereocenters. The fraction of sp³-hybridized carbons (Fsp3) is 0.647. The maximum absolute atomic E-state index is 10.9. The minimum Gasteiger partial charge on any atom is -0.390 e. The second kappa shape index (κ2) is 4.77. The van der Waals surface area contributed by atoms with Crippen LogP contribution in [0.3, 0.4) is 0 Å². The van der Waals surface area contributed by atoms with Crippen LogP contribution >= 0.6 is 0 Å². The van der Waals surface area contributed by atoms with Crippen LogP contribution < -0.4 is 5.32 Å². The Kier molecular flexibility index (Phi) is 3.07. The van der Waals surface area contributed by atoms with E-state index in [2.05, 4.69) is 5.32 Å². The van der Waals surface area contributed by atoms with Crippen LogP contribution in [0.25, 0.3) is 0 Å². The zero-order valence-corrected chi connectivity index (χ0v) is 12.6. The van der Waals surface area contributed by atoms with E-state index in [-0.39, 0.29) is 16.1 Å². The van der Waals surface area contributed by atoms with Gasteiger partial charge in [0.05, 0.1) is 10.5 Å². The summed E-state index contributed by atoms with van der Waals surface area (Å²) < 4.78 is 0. The fourth-order valence-corrected chi connectivity index (χ4v) is 5.49. The van der Waals surface area contributed by atoms with E-state index in [0.717, 1.165) is 37.7 Å². The van der Waals surface area contributed by atoms with Gasteiger partial charge < -0.3 is 10.4 Å². The Bertz CT molecular complexity index is 602. The number of hydrogen-bond acceptors (Lipinski definition) is 4. The van der Waals surface area contributed by atoms with Gasteiger partial charge >= 0.3 is 0 Å². The number of non-ortho nitro benzene ring substituents is 1. The highest BCUT2D eigenvalue weighted by atomic mass is 16.6. The van der Waals surface area contributed by atoms with Crippen molar-refractivity contribution in [3.8, 4) is 0 Å². The summed E-state index contributed by atoms with van der Waals surface area (Å²) in [6, 6.07) is 6.83. The second-order valence-electron chi connectivity index (χ2n) is 7.75. The van der Waals surface area contributed by atoms with Crippen LogP contribution in [-0.2, 0) is 6.54 Å². The molecule has 1 aromatic rings. The van der Waals surface area contributed by atoms with Crippen molar-refractivity contribution < 1.29 is 10.0 Å². The smallest absolute Gasteiger partial charge is 0.269 e. The molecule has 4 saturated carbocycles.